The molecule has 1 saturated carbocycles. The molecular formula is C30H34N8O3. The topological polar surface area (TPSA) is 144 Å². The first-order valence-corrected chi connectivity index (χ1v) is 14.3. The van der Waals surface area contributed by atoms with E-state index in [1.165, 1.54) is 4.57 Å². The lowest BCUT2D eigenvalue weighted by Crippen LogP contribution is -2.45. The van der Waals surface area contributed by atoms with Gasteiger partial charge in [-0.05, 0) is 51.2 Å². The Kier molecular flexibility index (Phi) is 6.87. The van der Waals surface area contributed by atoms with Crippen LogP contribution in [0.15, 0.2) is 39.9 Å². The van der Waals surface area contributed by atoms with Crippen LogP contribution in [0.1, 0.15) is 60.6 Å². The summed E-state index contributed by atoms with van der Waals surface area (Å²) in [6, 6.07) is 11.3. The number of piperidine rings is 1. The van der Waals surface area contributed by atoms with Crippen LogP contribution in [0.25, 0.3) is 21.9 Å². The summed E-state index contributed by atoms with van der Waals surface area (Å²) in [7, 11) is 1.59. The molecule has 212 valence electrons. The molecule has 0 radical (unpaired) electrons. The fourth-order valence-corrected chi connectivity index (χ4v) is 6.15. The summed E-state index contributed by atoms with van der Waals surface area (Å²) in [6.45, 7) is 3.42. The lowest BCUT2D eigenvalue weighted by atomic mass is 9.93. The van der Waals surface area contributed by atoms with Crippen LogP contribution < -0.4 is 27.2 Å². The fourth-order valence-electron chi connectivity index (χ4n) is 6.15. The van der Waals surface area contributed by atoms with E-state index in [4.69, 9.17) is 5.73 Å². The number of nitrogens with two attached hydrogens (primary N) is 1. The molecule has 1 saturated heterocycles. The van der Waals surface area contributed by atoms with Gasteiger partial charge >= 0.3 is 5.69 Å². The number of benzene rings is 1. The highest BCUT2D eigenvalue weighted by Crippen LogP contribution is 2.33. The highest BCUT2D eigenvalue weighted by Gasteiger charge is 2.34. The molecule has 1 atom stereocenters. The van der Waals surface area contributed by atoms with E-state index in [0.29, 0.717) is 53.3 Å². The average Bonchev–Trinajstić information content (AvgIpc) is 3.31. The van der Waals surface area contributed by atoms with Gasteiger partial charge in [0, 0.05) is 44.2 Å². The van der Waals surface area contributed by atoms with Crippen LogP contribution in [0.4, 0.5) is 5.82 Å². The van der Waals surface area contributed by atoms with Gasteiger partial charge in [-0.2, -0.15) is 5.26 Å². The average molecular weight is 555 g/mol. The maximum atomic E-state index is 14.2. The highest BCUT2D eigenvalue weighted by molar-refractivity contribution is 6.11. The van der Waals surface area contributed by atoms with Crippen molar-refractivity contribution in [2.24, 2.45) is 12.8 Å². The van der Waals surface area contributed by atoms with Crippen molar-refractivity contribution < 1.29 is 4.79 Å². The summed E-state index contributed by atoms with van der Waals surface area (Å²) in [5.74, 6) is 0.344. The zero-order valence-electron chi connectivity index (χ0n) is 23.4. The Balaban J connectivity index is 1.58. The Morgan fingerprint density at radius 1 is 1.15 bits per heavy atom. The number of hydrogen-bond acceptors (Lipinski definition) is 7. The van der Waals surface area contributed by atoms with Crippen LogP contribution in [-0.2, 0) is 20.1 Å². The first-order valence-electron chi connectivity index (χ1n) is 14.3. The molecule has 4 heterocycles. The largest absolute Gasteiger partial charge is 0.356 e. The molecule has 4 aromatic rings. The third-order valence-electron chi connectivity index (χ3n) is 8.48. The van der Waals surface area contributed by atoms with Crippen molar-refractivity contribution in [2.75, 3.05) is 18.0 Å². The zero-order valence-corrected chi connectivity index (χ0v) is 23.4. The maximum absolute atomic E-state index is 14.2. The number of fused-ring (bicyclic) bond motifs is 2. The van der Waals surface area contributed by atoms with Crippen molar-refractivity contribution in [3.8, 4) is 6.07 Å². The van der Waals surface area contributed by atoms with E-state index in [9.17, 15) is 19.6 Å². The molecule has 3 aromatic heterocycles. The van der Waals surface area contributed by atoms with E-state index in [1.807, 2.05) is 35.8 Å². The van der Waals surface area contributed by atoms with Crippen LogP contribution >= 0.6 is 0 Å². The summed E-state index contributed by atoms with van der Waals surface area (Å²) >= 11 is 0. The van der Waals surface area contributed by atoms with Crippen molar-refractivity contribution >= 4 is 33.7 Å². The molecule has 1 amide bonds. The first kappa shape index (κ1) is 26.8. The van der Waals surface area contributed by atoms with Gasteiger partial charge in [0.25, 0.3) is 11.5 Å². The first-order chi connectivity index (χ1) is 19.8. The smallest absolute Gasteiger partial charge is 0.331 e. The van der Waals surface area contributed by atoms with Crippen LogP contribution in [-0.4, -0.2) is 49.8 Å². The van der Waals surface area contributed by atoms with Gasteiger partial charge in [-0.15, -0.1) is 0 Å². The number of nitriles is 1. The van der Waals surface area contributed by atoms with Crippen molar-refractivity contribution in [2.45, 2.75) is 64.2 Å². The van der Waals surface area contributed by atoms with E-state index < -0.39 is 11.2 Å². The lowest BCUT2D eigenvalue weighted by molar-refractivity contribution is 0.0918. The number of rotatable bonds is 6. The quantitative estimate of drug-likeness (QED) is 0.372. The Morgan fingerprint density at radius 2 is 1.93 bits per heavy atom. The minimum absolute atomic E-state index is 0.0570. The Labute approximate surface area is 236 Å². The molecule has 3 N–H and O–H groups in total. The van der Waals surface area contributed by atoms with Gasteiger partial charge in [0.2, 0.25) is 0 Å². The van der Waals surface area contributed by atoms with E-state index in [0.717, 1.165) is 42.1 Å². The van der Waals surface area contributed by atoms with Gasteiger partial charge in [-0.3, -0.25) is 18.7 Å². The van der Waals surface area contributed by atoms with Crippen molar-refractivity contribution in [1.82, 2.24) is 24.0 Å². The fraction of sp³-hybridized carbons (Fsp3) is 0.433. The lowest BCUT2D eigenvalue weighted by Gasteiger charge is -2.34. The molecule has 6 rings (SSSR count). The van der Waals surface area contributed by atoms with E-state index in [1.54, 1.807) is 13.1 Å². The summed E-state index contributed by atoms with van der Waals surface area (Å²) in [6.07, 6.45) is 4.63. The Bertz CT molecular complexity index is 1840. The number of nitrogens with zero attached hydrogens (tertiary/aromatic N) is 6. The number of aryl methyl sites for hydroxylation is 2. The molecule has 11 heteroatoms. The van der Waals surface area contributed by atoms with Gasteiger partial charge in [-0.25, -0.2) is 9.78 Å². The van der Waals surface area contributed by atoms with Crippen molar-refractivity contribution in [3.63, 3.8) is 0 Å². The molecule has 2 fully saturated rings. The summed E-state index contributed by atoms with van der Waals surface area (Å²) in [5.41, 5.74) is 7.49. The van der Waals surface area contributed by atoms with E-state index >= 15 is 0 Å². The van der Waals surface area contributed by atoms with Crippen LogP contribution in [0.2, 0.25) is 0 Å². The van der Waals surface area contributed by atoms with Gasteiger partial charge in [0.15, 0.2) is 0 Å². The highest BCUT2D eigenvalue weighted by atomic mass is 16.2. The molecule has 1 aliphatic carbocycles. The van der Waals surface area contributed by atoms with Gasteiger partial charge in [0.1, 0.15) is 23.0 Å². The molecule has 0 spiro atoms. The number of amides is 1. The normalized spacial score (nSPS) is 17.5. The molecule has 1 aliphatic heterocycles. The van der Waals surface area contributed by atoms with Crippen molar-refractivity contribution in [1.29, 1.82) is 5.26 Å². The summed E-state index contributed by atoms with van der Waals surface area (Å²) in [4.78, 5) is 48.6. The van der Waals surface area contributed by atoms with Crippen molar-refractivity contribution in [3.05, 3.63) is 68.0 Å². The maximum Gasteiger partial charge on any atom is 0.331 e. The van der Waals surface area contributed by atoms with E-state index in [-0.39, 0.29) is 30.1 Å². The summed E-state index contributed by atoms with van der Waals surface area (Å²) < 4.78 is 4.35. The van der Waals surface area contributed by atoms with Crippen LogP contribution in [0.5, 0.6) is 0 Å². The molecule has 41 heavy (non-hydrogen) atoms. The number of nitrogens with one attached hydrogen (secondary N) is 1. The van der Waals surface area contributed by atoms with Gasteiger partial charge in [-0.1, -0.05) is 18.2 Å². The molecule has 0 bridgehead atoms. The minimum atomic E-state index is -0.575. The number of anilines is 1. The monoisotopic (exact) mass is 554 g/mol. The Morgan fingerprint density at radius 3 is 2.61 bits per heavy atom. The zero-order chi connectivity index (χ0) is 28.8. The predicted octanol–water partition coefficient (Wildman–Crippen LogP) is 2.20. The minimum Gasteiger partial charge on any atom is -0.356 e. The van der Waals surface area contributed by atoms with Crippen LogP contribution in [0.3, 0.4) is 0 Å². The molecule has 1 aromatic carbocycles. The third kappa shape index (κ3) is 4.48. The number of carbonyl (C=O) groups is 1. The number of pyridine rings is 1. The number of aromatic nitrogens is 4. The second-order valence-electron chi connectivity index (χ2n) is 11.1. The number of para-hydroxylation sites is 1. The molecule has 2 aliphatic rings. The number of hydrogen-bond donors (Lipinski definition) is 2. The second kappa shape index (κ2) is 10.5. The second-order valence-corrected chi connectivity index (χ2v) is 11.1. The SMILES string of the molecule is CCn1c(N2CCC[C@@H](N)C2)c(C(=O)NC2CCC2)c2c1c(=O)n(Cc1nc3ccccc3cc1C#N)c(=O)n2C. The molecule has 11 nitrogen and oxygen atoms in total. The molecular weight excluding hydrogens is 520 g/mol. The van der Waals surface area contributed by atoms with Gasteiger partial charge in [0.05, 0.1) is 28.8 Å². The molecule has 0 unspecified atom stereocenters. The standard InChI is InChI=1S/C30H34N8O3/c1-3-37-26-25(24(27(39)33-21-10-6-11-21)28(37)36-13-7-9-20(32)16-36)35(2)30(41)38(29(26)40)17-23-19(15-31)14-18-8-4-5-12-22(18)34-23/h4-5,8,12,14,20-21H,3,6-7,9-11,13,16-17,32H2,1-2H3,(H,33,39)/t20-/m1/s1. The third-order valence-corrected chi connectivity index (χ3v) is 8.48. The van der Waals surface area contributed by atoms with Gasteiger partial charge < -0.3 is 20.5 Å². The Hall–Kier alpha value is -4.43. The van der Waals surface area contributed by atoms with Crippen LogP contribution in [0, 0.1) is 11.3 Å². The van der Waals surface area contributed by atoms with E-state index in [2.05, 4.69) is 21.3 Å². The number of carbonyl (C=O) groups excluding carboxylic acids is 1. The summed E-state index contributed by atoms with van der Waals surface area (Å²) in [5, 5.41) is 13.8. The predicted molar refractivity (Wildman–Crippen MR) is 157 cm³/mol.